The van der Waals surface area contributed by atoms with Gasteiger partial charge in [-0.2, -0.15) is 0 Å². The summed E-state index contributed by atoms with van der Waals surface area (Å²) in [5, 5.41) is 43.7. The van der Waals surface area contributed by atoms with Crippen LogP contribution in [0.25, 0.3) is 0 Å². The molecule has 11 heteroatoms. The molecule has 1 aromatic heterocycles. The van der Waals surface area contributed by atoms with Gasteiger partial charge in [0, 0.05) is 32.8 Å². The lowest BCUT2D eigenvalue weighted by Gasteiger charge is -2.09. The van der Waals surface area contributed by atoms with Gasteiger partial charge in [0.1, 0.15) is 5.56 Å². The molecule has 1 amide bonds. The first kappa shape index (κ1) is 23.4. The monoisotopic (exact) mass is 433 g/mol. The maximum absolute atomic E-state index is 12.2. The number of hydrogen-bond donors (Lipinski definition) is 6. The molecule has 0 fully saturated rings. The number of ketones is 1. The third kappa shape index (κ3) is 5.60. The second kappa shape index (κ2) is 10.3. The van der Waals surface area contributed by atoms with Gasteiger partial charge in [0.2, 0.25) is 0 Å². The van der Waals surface area contributed by atoms with Crippen molar-refractivity contribution in [2.45, 2.75) is 12.8 Å². The van der Waals surface area contributed by atoms with Crippen LogP contribution in [0.1, 0.15) is 43.9 Å². The second-order valence-electron chi connectivity index (χ2n) is 6.69. The summed E-state index contributed by atoms with van der Waals surface area (Å²) in [5.74, 6) is -4.71. The average Bonchev–Trinajstić information content (AvgIpc) is 2.72. The number of phenolic OH excluding ortho intramolecular Hbond substituents is 1. The van der Waals surface area contributed by atoms with Crippen molar-refractivity contribution in [3.63, 3.8) is 0 Å². The molecule has 0 saturated carbocycles. The zero-order valence-corrected chi connectivity index (χ0v) is 16.7. The number of Topliss-reactive ketones (excluding diaryl/α,β-unsaturated/α-hetero) is 1. The molecule has 0 saturated heterocycles. The van der Waals surface area contributed by atoms with Gasteiger partial charge in [0.05, 0.1) is 11.1 Å². The van der Waals surface area contributed by atoms with Crippen molar-refractivity contribution in [2.75, 3.05) is 19.6 Å². The van der Waals surface area contributed by atoms with E-state index in [9.17, 15) is 34.5 Å². The van der Waals surface area contributed by atoms with Crippen molar-refractivity contribution >= 4 is 17.7 Å². The topological polar surface area (TPSA) is 178 Å². The van der Waals surface area contributed by atoms with Crippen molar-refractivity contribution in [2.24, 2.45) is 7.05 Å². The first-order chi connectivity index (χ1) is 14.6. The highest BCUT2D eigenvalue weighted by Crippen LogP contribution is 2.33. The fourth-order valence-corrected chi connectivity index (χ4v) is 2.77. The Morgan fingerprint density at radius 3 is 2.23 bits per heavy atom. The zero-order chi connectivity index (χ0) is 23.1. The van der Waals surface area contributed by atoms with Gasteiger partial charge >= 0.3 is 5.97 Å². The minimum Gasteiger partial charge on any atom is -0.504 e. The third-order valence-electron chi connectivity index (χ3n) is 4.51. The van der Waals surface area contributed by atoms with Crippen LogP contribution in [0.2, 0.25) is 0 Å². The summed E-state index contributed by atoms with van der Waals surface area (Å²) in [6, 6.07) is 3.53. The molecule has 0 spiro atoms. The van der Waals surface area contributed by atoms with Crippen molar-refractivity contribution in [1.29, 1.82) is 0 Å². The number of benzene rings is 1. The van der Waals surface area contributed by atoms with Crippen molar-refractivity contribution in [1.82, 2.24) is 15.2 Å². The predicted molar refractivity (Wildman–Crippen MR) is 109 cm³/mol. The molecule has 0 unspecified atom stereocenters. The molecule has 11 nitrogen and oxygen atoms in total. The molecule has 0 aliphatic rings. The van der Waals surface area contributed by atoms with Gasteiger partial charge in [-0.3, -0.25) is 14.4 Å². The second-order valence-corrected chi connectivity index (χ2v) is 6.69. The molecule has 1 heterocycles. The first-order valence-corrected chi connectivity index (χ1v) is 9.34. The Hall–Kier alpha value is -3.86. The van der Waals surface area contributed by atoms with Crippen LogP contribution >= 0.6 is 0 Å². The summed E-state index contributed by atoms with van der Waals surface area (Å²) in [5.41, 5.74) is -1.46. The molecule has 0 aliphatic heterocycles. The van der Waals surface area contributed by atoms with Gasteiger partial charge in [-0.05, 0) is 31.2 Å². The van der Waals surface area contributed by atoms with Crippen molar-refractivity contribution in [3.8, 4) is 17.2 Å². The summed E-state index contributed by atoms with van der Waals surface area (Å²) in [6.45, 7) is 0.996. The van der Waals surface area contributed by atoms with Gasteiger partial charge in [0.25, 0.3) is 11.5 Å². The fourth-order valence-electron chi connectivity index (χ4n) is 2.77. The number of carboxylic acid groups (broad SMARTS) is 1. The lowest BCUT2D eigenvalue weighted by Crippen LogP contribution is -2.33. The van der Waals surface area contributed by atoms with Gasteiger partial charge < -0.3 is 35.6 Å². The number of aromatic nitrogens is 1. The highest BCUT2D eigenvalue weighted by Gasteiger charge is 2.20. The van der Waals surface area contributed by atoms with Crippen LogP contribution in [-0.4, -0.2) is 62.3 Å². The van der Waals surface area contributed by atoms with Crippen LogP contribution in [-0.2, 0) is 7.05 Å². The SMILES string of the molecule is Cn1ccc(C(=O)NCCNCCCC(=O)c2ccc(C(=O)O)c(O)c2O)c(O)c1=O. The van der Waals surface area contributed by atoms with Crippen LogP contribution in [0.5, 0.6) is 17.2 Å². The van der Waals surface area contributed by atoms with E-state index in [1.807, 2.05) is 0 Å². The zero-order valence-electron chi connectivity index (χ0n) is 16.7. The van der Waals surface area contributed by atoms with E-state index in [1.165, 1.54) is 19.3 Å². The number of nitrogens with one attached hydrogen (secondary N) is 2. The highest BCUT2D eigenvalue weighted by molar-refractivity contribution is 6.02. The van der Waals surface area contributed by atoms with Crippen LogP contribution in [0, 0.1) is 0 Å². The number of carbonyl (C=O) groups excluding carboxylic acids is 2. The number of rotatable bonds is 10. The van der Waals surface area contributed by atoms with Gasteiger partial charge in [-0.25, -0.2) is 4.79 Å². The number of aryl methyl sites for hydroxylation is 1. The standard InChI is InChI=1S/C20H23N3O8/c1-23-10-6-12(17(27)19(23)29)18(28)22-9-8-21-7-2-3-14(24)11-4-5-13(20(30)31)16(26)15(11)25/h4-6,10,21,25-27H,2-3,7-9H2,1H3,(H,22,28)(H,30,31). The molecule has 2 aromatic rings. The number of pyridine rings is 1. The quantitative estimate of drug-likeness (QED) is 0.173. The molecular formula is C20H23N3O8. The Balaban J connectivity index is 1.73. The highest BCUT2D eigenvalue weighted by atomic mass is 16.4. The van der Waals surface area contributed by atoms with E-state index in [2.05, 4.69) is 10.6 Å². The average molecular weight is 433 g/mol. The van der Waals surface area contributed by atoms with Gasteiger partial charge in [-0.15, -0.1) is 0 Å². The van der Waals surface area contributed by atoms with Gasteiger partial charge in [0.15, 0.2) is 23.0 Å². The largest absolute Gasteiger partial charge is 0.504 e. The molecule has 2 rings (SSSR count). The van der Waals surface area contributed by atoms with E-state index in [4.69, 9.17) is 5.11 Å². The number of phenols is 2. The Bertz CT molecular complexity index is 1060. The predicted octanol–water partition coefficient (Wildman–Crippen LogP) is 0.183. The number of amides is 1. The normalized spacial score (nSPS) is 10.6. The third-order valence-corrected chi connectivity index (χ3v) is 4.51. The molecule has 0 atom stereocenters. The fraction of sp³-hybridized carbons (Fsp3) is 0.300. The number of aromatic hydroxyl groups is 3. The first-order valence-electron chi connectivity index (χ1n) is 9.34. The van der Waals surface area contributed by atoms with Crippen molar-refractivity contribution in [3.05, 3.63) is 51.4 Å². The Morgan fingerprint density at radius 2 is 1.55 bits per heavy atom. The number of aromatic carboxylic acids is 1. The molecule has 0 radical (unpaired) electrons. The molecular weight excluding hydrogens is 410 g/mol. The van der Waals surface area contributed by atoms with E-state index in [-0.39, 0.29) is 24.1 Å². The summed E-state index contributed by atoms with van der Waals surface area (Å²) in [7, 11) is 1.45. The maximum atomic E-state index is 12.2. The lowest BCUT2D eigenvalue weighted by molar-refractivity contribution is 0.0691. The van der Waals surface area contributed by atoms with E-state index < -0.39 is 46.0 Å². The number of hydrogen-bond acceptors (Lipinski definition) is 8. The summed E-state index contributed by atoms with van der Waals surface area (Å²) < 4.78 is 1.15. The smallest absolute Gasteiger partial charge is 0.339 e. The van der Waals surface area contributed by atoms with E-state index in [1.54, 1.807) is 0 Å². The molecule has 31 heavy (non-hydrogen) atoms. The van der Waals surface area contributed by atoms with Crippen LogP contribution in [0.3, 0.4) is 0 Å². The van der Waals surface area contributed by atoms with Crippen LogP contribution in [0.15, 0.2) is 29.2 Å². The number of nitrogens with zero attached hydrogens (tertiary/aromatic N) is 1. The molecule has 0 bridgehead atoms. The Kier molecular flexibility index (Phi) is 7.75. The summed E-state index contributed by atoms with van der Waals surface area (Å²) in [6.07, 6.45) is 1.81. The number of carbonyl (C=O) groups is 3. The Morgan fingerprint density at radius 1 is 0.903 bits per heavy atom. The summed E-state index contributed by atoms with van der Waals surface area (Å²) >= 11 is 0. The minimum atomic E-state index is -1.42. The van der Waals surface area contributed by atoms with E-state index >= 15 is 0 Å². The molecule has 0 aliphatic carbocycles. The van der Waals surface area contributed by atoms with Gasteiger partial charge in [-0.1, -0.05) is 0 Å². The maximum Gasteiger partial charge on any atom is 0.339 e. The van der Waals surface area contributed by atoms with Crippen LogP contribution < -0.4 is 16.2 Å². The minimum absolute atomic E-state index is 0.0416. The van der Waals surface area contributed by atoms with E-state index in [0.29, 0.717) is 19.5 Å². The lowest BCUT2D eigenvalue weighted by atomic mass is 10.0. The Labute approximate surface area is 176 Å². The molecule has 1 aromatic carbocycles. The van der Waals surface area contributed by atoms with Crippen LogP contribution in [0.4, 0.5) is 0 Å². The number of carboxylic acids is 1. The van der Waals surface area contributed by atoms with Crippen molar-refractivity contribution < 1.29 is 34.8 Å². The molecule has 166 valence electrons. The van der Waals surface area contributed by atoms with E-state index in [0.717, 1.165) is 16.7 Å². The molecule has 6 N–H and O–H groups in total. The summed E-state index contributed by atoms with van der Waals surface area (Å²) in [4.78, 5) is 46.7.